The summed E-state index contributed by atoms with van der Waals surface area (Å²) >= 11 is 23.4. The molecule has 11 heteroatoms. The summed E-state index contributed by atoms with van der Waals surface area (Å²) in [6.07, 6.45) is 0. The number of alkyl halides is 1. The Hall–Kier alpha value is -0.200. The lowest BCUT2D eigenvalue weighted by molar-refractivity contribution is 0.192. The second-order valence-electron chi connectivity index (χ2n) is 3.85. The highest BCUT2D eigenvalue weighted by Crippen LogP contribution is 2.50. The van der Waals surface area contributed by atoms with Crippen molar-refractivity contribution < 1.29 is 18.6 Å². The number of rotatable bonds is 6. The minimum atomic E-state index is -3.77. The van der Waals surface area contributed by atoms with Crippen LogP contribution in [-0.2, 0) is 13.8 Å². The van der Waals surface area contributed by atoms with Crippen molar-refractivity contribution in [3.63, 3.8) is 0 Å². The van der Waals surface area contributed by atoms with Gasteiger partial charge in [-0.3, -0.25) is 9.65 Å². The molecule has 22 heavy (non-hydrogen) atoms. The number of carbonyl (C=O) groups is 1. The third kappa shape index (κ3) is 5.17. The maximum atomic E-state index is 12.4. The number of urea groups is 1. The molecule has 2 amide bonds. The zero-order valence-corrected chi connectivity index (χ0v) is 15.4. The van der Waals surface area contributed by atoms with Crippen LogP contribution in [0.2, 0.25) is 15.1 Å². The van der Waals surface area contributed by atoms with E-state index in [1.807, 2.05) is 0 Å². The van der Waals surface area contributed by atoms with Gasteiger partial charge < -0.3 is 14.6 Å². The van der Waals surface area contributed by atoms with Crippen LogP contribution in [0, 0.1) is 0 Å². The van der Waals surface area contributed by atoms with Crippen LogP contribution in [0.15, 0.2) is 12.1 Å². The van der Waals surface area contributed by atoms with Crippen LogP contribution in [0.25, 0.3) is 0 Å². The fourth-order valence-electron chi connectivity index (χ4n) is 1.42. The van der Waals surface area contributed by atoms with Crippen molar-refractivity contribution in [2.24, 2.45) is 0 Å². The molecule has 6 nitrogen and oxygen atoms in total. The van der Waals surface area contributed by atoms with Crippen molar-refractivity contribution in [2.45, 2.75) is 12.2 Å². The van der Waals surface area contributed by atoms with E-state index in [4.69, 9.17) is 55.7 Å². The Bertz CT molecular complexity index is 578. The van der Waals surface area contributed by atoms with Gasteiger partial charge in [0, 0.05) is 12.1 Å². The number of benzene rings is 1. The van der Waals surface area contributed by atoms with Crippen molar-refractivity contribution in [1.82, 2.24) is 5.09 Å². The van der Waals surface area contributed by atoms with Crippen LogP contribution >= 0.6 is 53.9 Å². The number of carbonyl (C=O) groups excluding carboxylic acids is 1. The minimum absolute atomic E-state index is 0.0621. The summed E-state index contributed by atoms with van der Waals surface area (Å²) in [6.45, 7) is 1.66. The maximum absolute atomic E-state index is 12.4. The van der Waals surface area contributed by atoms with Crippen LogP contribution in [0.4, 0.5) is 10.5 Å². The number of nitrogens with one attached hydrogen (secondary N) is 2. The van der Waals surface area contributed by atoms with Gasteiger partial charge in [0.15, 0.2) is 0 Å². The molecule has 0 fully saturated rings. The molecular formula is C11H13Cl4N2O4P. The molecule has 2 atom stereocenters. The topological polar surface area (TPSA) is 76.7 Å². The molecule has 2 N–H and O–H groups in total. The van der Waals surface area contributed by atoms with Crippen LogP contribution in [0.3, 0.4) is 0 Å². The molecule has 1 aromatic rings. The molecule has 1 aromatic carbocycles. The van der Waals surface area contributed by atoms with Gasteiger partial charge in [-0.1, -0.05) is 46.4 Å². The van der Waals surface area contributed by atoms with E-state index >= 15 is 0 Å². The summed E-state index contributed by atoms with van der Waals surface area (Å²) in [6, 6.07) is 1.92. The molecule has 0 aliphatic carbocycles. The third-order valence-corrected chi connectivity index (χ3v) is 5.95. The highest BCUT2D eigenvalue weighted by molar-refractivity contribution is 7.60. The average molecular weight is 410 g/mol. The fraction of sp³-hybridized carbons (Fsp3) is 0.364. The first-order valence-electron chi connectivity index (χ1n) is 5.88. The smallest absolute Gasteiger partial charge is 0.340 e. The Morgan fingerprint density at radius 1 is 1.32 bits per heavy atom. The first-order valence-corrected chi connectivity index (χ1v) is 9.14. The van der Waals surface area contributed by atoms with Crippen LogP contribution < -0.4 is 10.4 Å². The van der Waals surface area contributed by atoms with E-state index in [0.29, 0.717) is 5.02 Å². The summed E-state index contributed by atoms with van der Waals surface area (Å²) < 4.78 is 22.2. The van der Waals surface area contributed by atoms with Gasteiger partial charge in [-0.2, -0.15) is 0 Å². The lowest BCUT2D eigenvalue weighted by Crippen LogP contribution is -2.30. The number of hydrogen-bond donors (Lipinski definition) is 2. The van der Waals surface area contributed by atoms with Crippen LogP contribution in [0.5, 0.6) is 0 Å². The van der Waals surface area contributed by atoms with Gasteiger partial charge in [-0.25, -0.2) is 4.79 Å². The molecule has 124 valence electrons. The Morgan fingerprint density at radius 2 is 1.86 bits per heavy atom. The standard InChI is InChI=1S/C11H13Cl4N2O4P/c1-3-21-22(19,10(15)20-2)17-11(18)16-9-7(13)4-6(12)5-8(9)14/h4-5,10H,3H2,1-2H3,(H2,16,17,18,19)/t10-,22+/m1/s1. The lowest BCUT2D eigenvalue weighted by Gasteiger charge is -2.22. The van der Waals surface area contributed by atoms with Crippen molar-refractivity contribution in [3.8, 4) is 0 Å². The Morgan fingerprint density at radius 3 is 2.32 bits per heavy atom. The zero-order chi connectivity index (χ0) is 16.9. The van der Waals surface area contributed by atoms with Gasteiger partial charge >= 0.3 is 13.6 Å². The van der Waals surface area contributed by atoms with Crippen molar-refractivity contribution >= 4 is 65.6 Å². The predicted molar refractivity (Wildman–Crippen MR) is 89.5 cm³/mol. The average Bonchev–Trinajstić information content (AvgIpc) is 2.42. The molecule has 0 unspecified atom stereocenters. The largest absolute Gasteiger partial charge is 0.355 e. The Balaban J connectivity index is 2.92. The third-order valence-electron chi connectivity index (χ3n) is 2.29. The number of methoxy groups -OCH3 is 1. The fourth-order valence-corrected chi connectivity index (χ4v) is 3.93. The van der Waals surface area contributed by atoms with Crippen LogP contribution in [-0.4, -0.2) is 25.1 Å². The summed E-state index contributed by atoms with van der Waals surface area (Å²) in [5, 5.41) is 3.70. The van der Waals surface area contributed by atoms with Crippen LogP contribution in [0.1, 0.15) is 6.92 Å². The molecule has 0 radical (unpaired) electrons. The summed E-state index contributed by atoms with van der Waals surface area (Å²) in [5.41, 5.74) is 0.108. The predicted octanol–water partition coefficient (Wildman–Crippen LogP) is 5.17. The molecule has 0 aromatic heterocycles. The molecule has 0 bridgehead atoms. The van der Waals surface area contributed by atoms with Gasteiger partial charge in [0.05, 0.1) is 22.3 Å². The Kier molecular flexibility index (Phi) is 7.75. The number of halogens is 4. The van der Waals surface area contributed by atoms with E-state index < -0.39 is 18.9 Å². The van der Waals surface area contributed by atoms with Crippen molar-refractivity contribution in [2.75, 3.05) is 19.0 Å². The molecule has 0 saturated heterocycles. The normalized spacial score (nSPS) is 15.0. The molecule has 0 heterocycles. The molecule has 0 aliphatic rings. The zero-order valence-electron chi connectivity index (χ0n) is 11.5. The number of ether oxygens (including phenoxy) is 1. The minimum Gasteiger partial charge on any atom is -0.355 e. The van der Waals surface area contributed by atoms with E-state index in [-0.39, 0.29) is 22.3 Å². The van der Waals surface area contributed by atoms with E-state index in [1.165, 1.54) is 19.2 Å². The number of anilines is 1. The SMILES string of the molecule is CCO[P@](=O)(NC(=O)Nc1c(Cl)cc(Cl)cc1Cl)[C@H](Cl)OC. The molecule has 1 rings (SSSR count). The summed E-state index contributed by atoms with van der Waals surface area (Å²) in [4.78, 5) is 12.0. The van der Waals surface area contributed by atoms with E-state index in [2.05, 4.69) is 10.4 Å². The second kappa shape index (κ2) is 8.60. The first kappa shape index (κ1) is 19.8. The van der Waals surface area contributed by atoms with E-state index in [9.17, 15) is 9.36 Å². The van der Waals surface area contributed by atoms with Crippen molar-refractivity contribution in [1.29, 1.82) is 0 Å². The van der Waals surface area contributed by atoms with Gasteiger partial charge in [-0.05, 0) is 19.1 Å². The van der Waals surface area contributed by atoms with Gasteiger partial charge in [0.25, 0.3) is 0 Å². The van der Waals surface area contributed by atoms with E-state index in [1.54, 1.807) is 6.92 Å². The van der Waals surface area contributed by atoms with Gasteiger partial charge in [0.2, 0.25) is 5.30 Å². The summed E-state index contributed by atoms with van der Waals surface area (Å²) in [5.74, 6) is 0. The number of amides is 2. The summed E-state index contributed by atoms with van der Waals surface area (Å²) in [7, 11) is -2.54. The quantitative estimate of drug-likeness (QED) is 0.502. The number of hydrogen-bond acceptors (Lipinski definition) is 4. The second-order valence-corrected chi connectivity index (χ2v) is 7.95. The Labute approximate surface area is 147 Å². The van der Waals surface area contributed by atoms with Gasteiger partial charge in [-0.15, -0.1) is 0 Å². The molecular weight excluding hydrogens is 397 g/mol. The highest BCUT2D eigenvalue weighted by Gasteiger charge is 2.35. The molecule has 0 aliphatic heterocycles. The van der Waals surface area contributed by atoms with E-state index in [0.717, 1.165) is 0 Å². The highest BCUT2D eigenvalue weighted by atomic mass is 35.5. The molecule has 0 spiro atoms. The van der Waals surface area contributed by atoms with Crippen molar-refractivity contribution in [3.05, 3.63) is 27.2 Å². The monoisotopic (exact) mass is 408 g/mol. The first-order chi connectivity index (χ1) is 10.2. The lowest BCUT2D eigenvalue weighted by atomic mass is 10.3. The van der Waals surface area contributed by atoms with Gasteiger partial charge in [0.1, 0.15) is 0 Å². The maximum Gasteiger partial charge on any atom is 0.340 e. The molecule has 0 saturated carbocycles.